The molecule has 0 unspecified atom stereocenters. The quantitative estimate of drug-likeness (QED) is 0.299. The third-order valence-corrected chi connectivity index (χ3v) is 5.92. The van der Waals surface area contributed by atoms with Crippen molar-refractivity contribution < 1.29 is 4.79 Å². The molecular weight excluding hydrogens is 415 g/mol. The molecule has 0 N–H and O–H groups in total. The summed E-state index contributed by atoms with van der Waals surface area (Å²) < 4.78 is 1.84. The van der Waals surface area contributed by atoms with Crippen LogP contribution in [0.3, 0.4) is 0 Å². The maximum Gasteiger partial charge on any atom is 0.184 e. The lowest BCUT2D eigenvalue weighted by molar-refractivity contribution is 0.0978. The average molecular weight is 437 g/mol. The van der Waals surface area contributed by atoms with E-state index < -0.39 is 0 Å². The molecule has 5 heteroatoms. The summed E-state index contributed by atoms with van der Waals surface area (Å²) in [6, 6.07) is 21.7. The van der Waals surface area contributed by atoms with Gasteiger partial charge in [-0.2, -0.15) is 5.10 Å². The van der Waals surface area contributed by atoms with Crippen molar-refractivity contribution in [2.75, 3.05) is 0 Å². The summed E-state index contributed by atoms with van der Waals surface area (Å²) in [5, 5.41) is 6.72. The lowest BCUT2D eigenvalue weighted by Gasteiger charge is -2.06. The number of Topliss-reactive ketones (excluding diaryl/α,β-unsaturated/α-hetero) is 1. The van der Waals surface area contributed by atoms with Crippen LogP contribution in [0.1, 0.15) is 40.5 Å². The first-order valence-electron chi connectivity index (χ1n) is 10.1. The Labute approximate surface area is 186 Å². The predicted octanol–water partition coefficient (Wildman–Crippen LogP) is 6.77. The third-order valence-electron chi connectivity index (χ3n) is 5.33. The molecule has 0 aliphatic rings. The van der Waals surface area contributed by atoms with Gasteiger partial charge in [0.1, 0.15) is 5.69 Å². The summed E-state index contributed by atoms with van der Waals surface area (Å²) in [5.41, 5.74) is 4.80. The number of nitrogens with zero attached hydrogens (tertiary/aromatic N) is 2. The van der Waals surface area contributed by atoms with Gasteiger partial charge in [0.05, 0.1) is 12.1 Å². The van der Waals surface area contributed by atoms with E-state index in [0.29, 0.717) is 35.1 Å². The maximum absolute atomic E-state index is 13.0. The Morgan fingerprint density at radius 2 is 1.70 bits per heavy atom. The van der Waals surface area contributed by atoms with Crippen LogP contribution in [-0.2, 0) is 19.4 Å². The zero-order valence-electron chi connectivity index (χ0n) is 16.7. The molecule has 3 nitrogen and oxygen atoms in total. The van der Waals surface area contributed by atoms with Crippen LogP contribution in [0.5, 0.6) is 0 Å². The summed E-state index contributed by atoms with van der Waals surface area (Å²) in [6.45, 7) is 2.61. The zero-order valence-corrected chi connectivity index (χ0v) is 18.2. The second-order valence-electron chi connectivity index (χ2n) is 7.35. The van der Waals surface area contributed by atoms with Crippen LogP contribution in [0.25, 0.3) is 10.9 Å². The van der Waals surface area contributed by atoms with Gasteiger partial charge in [-0.1, -0.05) is 78.7 Å². The maximum atomic E-state index is 13.0. The van der Waals surface area contributed by atoms with Gasteiger partial charge in [0.25, 0.3) is 0 Å². The molecule has 30 heavy (non-hydrogen) atoms. The molecule has 0 saturated carbocycles. The number of carbonyl (C=O) groups excluding carboxylic acids is 1. The lowest BCUT2D eigenvalue weighted by atomic mass is 10.0. The van der Waals surface area contributed by atoms with Gasteiger partial charge in [0.15, 0.2) is 5.78 Å². The molecule has 1 heterocycles. The number of aryl methyl sites for hydroxylation is 2. The fraction of sp³-hybridized carbons (Fsp3) is 0.200. The Kier molecular flexibility index (Phi) is 6.21. The smallest absolute Gasteiger partial charge is 0.184 e. The SMILES string of the molecule is CCc1ccc(CCC(=O)c2nn(Cc3ccc(Cl)cc3Cl)c3ccccc23)cc1. The van der Waals surface area contributed by atoms with E-state index in [1.165, 1.54) is 5.56 Å². The van der Waals surface area contributed by atoms with Crippen LogP contribution < -0.4 is 0 Å². The van der Waals surface area contributed by atoms with Crippen LogP contribution in [0, 0.1) is 0 Å². The van der Waals surface area contributed by atoms with Gasteiger partial charge in [-0.05, 0) is 47.7 Å². The highest BCUT2D eigenvalue weighted by atomic mass is 35.5. The highest BCUT2D eigenvalue weighted by molar-refractivity contribution is 6.35. The Morgan fingerprint density at radius 1 is 0.967 bits per heavy atom. The van der Waals surface area contributed by atoms with Gasteiger partial charge in [-0.25, -0.2) is 0 Å². The van der Waals surface area contributed by atoms with Crippen molar-refractivity contribution in [3.63, 3.8) is 0 Å². The van der Waals surface area contributed by atoms with Gasteiger partial charge < -0.3 is 0 Å². The first-order valence-corrected chi connectivity index (χ1v) is 10.8. The number of fused-ring (bicyclic) bond motifs is 1. The fourth-order valence-electron chi connectivity index (χ4n) is 3.58. The van der Waals surface area contributed by atoms with Gasteiger partial charge in [-0.15, -0.1) is 0 Å². The first kappa shape index (κ1) is 20.6. The molecule has 4 aromatic rings. The van der Waals surface area contributed by atoms with Gasteiger partial charge >= 0.3 is 0 Å². The van der Waals surface area contributed by atoms with Crippen molar-refractivity contribution in [2.24, 2.45) is 0 Å². The zero-order chi connectivity index (χ0) is 21.1. The summed E-state index contributed by atoms with van der Waals surface area (Å²) >= 11 is 12.4. The summed E-state index contributed by atoms with van der Waals surface area (Å²) in [7, 11) is 0. The molecule has 0 saturated heterocycles. The monoisotopic (exact) mass is 436 g/mol. The number of para-hydroxylation sites is 1. The first-order chi connectivity index (χ1) is 14.5. The van der Waals surface area contributed by atoms with Crippen molar-refractivity contribution >= 4 is 39.9 Å². The number of ketones is 1. The molecule has 152 valence electrons. The molecule has 0 fully saturated rings. The third kappa shape index (κ3) is 4.43. The van der Waals surface area contributed by atoms with E-state index in [2.05, 4.69) is 36.3 Å². The largest absolute Gasteiger partial charge is 0.292 e. The molecule has 0 spiro atoms. The highest BCUT2D eigenvalue weighted by Crippen LogP contribution is 2.25. The number of benzene rings is 3. The number of carbonyl (C=O) groups is 1. The van der Waals surface area contributed by atoms with Crippen molar-refractivity contribution in [1.29, 1.82) is 0 Å². The van der Waals surface area contributed by atoms with Crippen LogP contribution in [0.4, 0.5) is 0 Å². The minimum atomic E-state index is 0.0479. The molecule has 0 radical (unpaired) electrons. The normalized spacial score (nSPS) is 11.2. The Bertz CT molecular complexity index is 1200. The minimum Gasteiger partial charge on any atom is -0.292 e. The van der Waals surface area contributed by atoms with Crippen molar-refractivity contribution in [1.82, 2.24) is 9.78 Å². The second-order valence-corrected chi connectivity index (χ2v) is 8.20. The van der Waals surface area contributed by atoms with Crippen molar-refractivity contribution in [2.45, 2.75) is 32.7 Å². The lowest BCUT2D eigenvalue weighted by Crippen LogP contribution is -2.06. The highest BCUT2D eigenvalue weighted by Gasteiger charge is 2.17. The number of aromatic nitrogens is 2. The van der Waals surface area contributed by atoms with Crippen LogP contribution in [0.15, 0.2) is 66.7 Å². The molecule has 3 aromatic carbocycles. The topological polar surface area (TPSA) is 34.9 Å². The summed E-state index contributed by atoms with van der Waals surface area (Å²) in [5.74, 6) is 0.0479. The van der Waals surface area contributed by atoms with E-state index in [1.54, 1.807) is 6.07 Å². The molecule has 4 rings (SSSR count). The number of hydrogen-bond acceptors (Lipinski definition) is 2. The summed E-state index contributed by atoms with van der Waals surface area (Å²) in [6.07, 6.45) is 2.14. The van der Waals surface area contributed by atoms with E-state index >= 15 is 0 Å². The Morgan fingerprint density at radius 3 is 2.43 bits per heavy atom. The van der Waals surface area contributed by atoms with E-state index in [1.807, 2.05) is 41.1 Å². The molecule has 1 aromatic heterocycles. The van der Waals surface area contributed by atoms with E-state index in [4.69, 9.17) is 23.2 Å². The van der Waals surface area contributed by atoms with E-state index in [0.717, 1.165) is 28.5 Å². The van der Waals surface area contributed by atoms with E-state index in [-0.39, 0.29) is 5.78 Å². The van der Waals surface area contributed by atoms with Crippen molar-refractivity contribution in [3.05, 3.63) is 99.2 Å². The van der Waals surface area contributed by atoms with Crippen LogP contribution >= 0.6 is 23.2 Å². The van der Waals surface area contributed by atoms with Gasteiger partial charge in [0, 0.05) is 21.9 Å². The number of halogens is 2. The summed E-state index contributed by atoms with van der Waals surface area (Å²) in [4.78, 5) is 13.0. The number of rotatable bonds is 7. The van der Waals surface area contributed by atoms with Gasteiger partial charge in [0.2, 0.25) is 0 Å². The average Bonchev–Trinajstić information content (AvgIpc) is 3.13. The molecule has 0 amide bonds. The molecule has 0 bridgehead atoms. The number of hydrogen-bond donors (Lipinski definition) is 0. The van der Waals surface area contributed by atoms with Crippen LogP contribution in [0.2, 0.25) is 10.0 Å². The molecule has 0 aliphatic carbocycles. The minimum absolute atomic E-state index is 0.0479. The van der Waals surface area contributed by atoms with Crippen LogP contribution in [-0.4, -0.2) is 15.6 Å². The molecule has 0 aliphatic heterocycles. The molecular formula is C25H22Cl2N2O. The van der Waals surface area contributed by atoms with Crippen molar-refractivity contribution in [3.8, 4) is 0 Å². The fourth-order valence-corrected chi connectivity index (χ4v) is 4.05. The van der Waals surface area contributed by atoms with E-state index in [9.17, 15) is 4.79 Å². The second kappa shape index (κ2) is 9.03. The Hall–Kier alpha value is -2.62. The predicted molar refractivity (Wildman–Crippen MR) is 124 cm³/mol. The standard InChI is InChI=1S/C25H22Cl2N2O/c1-2-17-7-9-18(10-8-17)11-14-24(30)25-21-5-3-4-6-23(21)29(28-25)16-19-12-13-20(26)15-22(19)27/h3-10,12-13,15H,2,11,14,16H2,1H3. The van der Waals surface area contributed by atoms with Gasteiger partial charge in [-0.3, -0.25) is 9.48 Å². The molecule has 0 atom stereocenters. The Balaban J connectivity index is 1.58.